The molecule has 0 atom stereocenters. The summed E-state index contributed by atoms with van der Waals surface area (Å²) < 4.78 is 62.9. The van der Waals surface area contributed by atoms with Gasteiger partial charge in [0, 0.05) is 10.6 Å². The lowest BCUT2D eigenvalue weighted by Gasteiger charge is -2.09. The number of hydrogen-bond donors (Lipinski definition) is 2. The van der Waals surface area contributed by atoms with Crippen molar-refractivity contribution in [1.29, 1.82) is 0 Å². The number of halogens is 5. The van der Waals surface area contributed by atoms with Crippen molar-refractivity contribution in [2.24, 2.45) is 0 Å². The van der Waals surface area contributed by atoms with Gasteiger partial charge in [0.25, 0.3) is 6.43 Å². The first-order valence-corrected chi connectivity index (χ1v) is 7.10. The molecular weight excluding hydrogens is 343 g/mol. The quantitative estimate of drug-likeness (QED) is 0.504. The van der Waals surface area contributed by atoms with Gasteiger partial charge in [-0.15, -0.1) is 11.8 Å². The Labute approximate surface area is 129 Å². The van der Waals surface area contributed by atoms with Crippen molar-refractivity contribution in [3.05, 3.63) is 61.9 Å². The number of aromatic amines is 2. The Morgan fingerprint density at radius 1 is 1.00 bits per heavy atom. The molecule has 23 heavy (non-hydrogen) atoms. The fourth-order valence-electron chi connectivity index (χ4n) is 1.71. The number of hydrogen-bond acceptors (Lipinski definition) is 3. The van der Waals surface area contributed by atoms with Crippen LogP contribution < -0.4 is 11.1 Å². The van der Waals surface area contributed by atoms with Crippen molar-refractivity contribution >= 4 is 11.8 Å². The van der Waals surface area contributed by atoms with Crippen LogP contribution in [0.1, 0.15) is 23.4 Å². The third-order valence-electron chi connectivity index (χ3n) is 2.83. The molecule has 0 fully saturated rings. The average molecular weight is 352 g/mol. The minimum atomic E-state index is -4.46. The van der Waals surface area contributed by atoms with Gasteiger partial charge in [-0.05, 0) is 24.3 Å². The lowest BCUT2D eigenvalue weighted by atomic mass is 10.2. The SMILES string of the molecule is O=c1[nH]c(CSc2ccc(C(F)(F)F)cc2)c(C(F)F)[nH]c1=O. The second-order valence-electron chi connectivity index (χ2n) is 4.41. The molecule has 0 aliphatic rings. The zero-order valence-corrected chi connectivity index (χ0v) is 12.0. The second-order valence-corrected chi connectivity index (χ2v) is 5.46. The number of rotatable bonds is 4. The fourth-order valence-corrected chi connectivity index (χ4v) is 2.58. The molecule has 0 aliphatic heterocycles. The van der Waals surface area contributed by atoms with Crippen LogP contribution in [0.4, 0.5) is 22.0 Å². The summed E-state index contributed by atoms with van der Waals surface area (Å²) >= 11 is 0.946. The molecule has 4 nitrogen and oxygen atoms in total. The molecule has 0 radical (unpaired) electrons. The van der Waals surface area contributed by atoms with Crippen molar-refractivity contribution in [2.75, 3.05) is 0 Å². The summed E-state index contributed by atoms with van der Waals surface area (Å²) in [5.41, 5.74) is -3.99. The molecule has 0 aliphatic carbocycles. The maximum atomic E-state index is 12.8. The van der Waals surface area contributed by atoms with E-state index < -0.39 is 35.0 Å². The predicted molar refractivity (Wildman–Crippen MR) is 73.6 cm³/mol. The van der Waals surface area contributed by atoms with Gasteiger partial charge in [0.2, 0.25) is 0 Å². The molecule has 0 bridgehead atoms. The van der Waals surface area contributed by atoms with Crippen molar-refractivity contribution in [1.82, 2.24) is 9.97 Å². The molecule has 1 aromatic carbocycles. The highest BCUT2D eigenvalue weighted by molar-refractivity contribution is 7.98. The zero-order chi connectivity index (χ0) is 17.2. The first-order valence-electron chi connectivity index (χ1n) is 6.12. The smallest absolute Gasteiger partial charge is 0.319 e. The molecular formula is C13H9F5N2O2S. The summed E-state index contributed by atoms with van der Waals surface area (Å²) in [6.45, 7) is 0. The molecule has 2 N–H and O–H groups in total. The largest absolute Gasteiger partial charge is 0.416 e. The average Bonchev–Trinajstić information content (AvgIpc) is 2.47. The lowest BCUT2D eigenvalue weighted by Crippen LogP contribution is -2.32. The summed E-state index contributed by atoms with van der Waals surface area (Å²) in [4.78, 5) is 26.5. The van der Waals surface area contributed by atoms with Gasteiger partial charge in [0.1, 0.15) is 5.69 Å². The van der Waals surface area contributed by atoms with Gasteiger partial charge >= 0.3 is 17.3 Å². The van der Waals surface area contributed by atoms with Gasteiger partial charge in [-0.1, -0.05) is 0 Å². The second kappa shape index (κ2) is 6.57. The molecule has 2 rings (SSSR count). The summed E-state index contributed by atoms with van der Waals surface area (Å²) in [6.07, 6.45) is -7.46. The van der Waals surface area contributed by atoms with Gasteiger partial charge in [-0.3, -0.25) is 9.59 Å². The number of H-pyrrole nitrogens is 2. The molecule has 10 heteroatoms. The van der Waals surface area contributed by atoms with Gasteiger partial charge in [-0.2, -0.15) is 13.2 Å². The maximum Gasteiger partial charge on any atom is 0.416 e. The molecule has 0 saturated heterocycles. The van der Waals surface area contributed by atoms with E-state index in [0.29, 0.717) is 4.90 Å². The minimum absolute atomic E-state index is 0.142. The molecule has 2 aromatic rings. The van der Waals surface area contributed by atoms with E-state index in [2.05, 4.69) is 4.98 Å². The van der Waals surface area contributed by atoms with E-state index in [9.17, 15) is 31.5 Å². The maximum absolute atomic E-state index is 12.8. The molecule has 0 spiro atoms. The molecule has 0 saturated carbocycles. The van der Waals surface area contributed by atoms with E-state index in [1.54, 1.807) is 4.98 Å². The molecule has 1 heterocycles. The van der Waals surface area contributed by atoms with Gasteiger partial charge in [0.15, 0.2) is 0 Å². The highest BCUT2D eigenvalue weighted by atomic mass is 32.2. The summed E-state index contributed by atoms with van der Waals surface area (Å²) in [6, 6.07) is 4.12. The fraction of sp³-hybridized carbons (Fsp3) is 0.231. The highest BCUT2D eigenvalue weighted by Gasteiger charge is 2.29. The van der Waals surface area contributed by atoms with E-state index in [0.717, 1.165) is 23.9 Å². The third kappa shape index (κ3) is 4.21. The molecule has 1 aromatic heterocycles. The van der Waals surface area contributed by atoms with E-state index in [1.807, 2.05) is 0 Å². The zero-order valence-electron chi connectivity index (χ0n) is 11.2. The Bertz CT molecular complexity index is 796. The van der Waals surface area contributed by atoms with E-state index in [4.69, 9.17) is 0 Å². The first kappa shape index (κ1) is 17.3. The number of alkyl halides is 5. The normalized spacial score (nSPS) is 11.9. The molecule has 0 amide bonds. The summed E-state index contributed by atoms with van der Waals surface area (Å²) in [7, 11) is 0. The van der Waals surface area contributed by atoms with Crippen molar-refractivity contribution < 1.29 is 22.0 Å². The summed E-state index contributed by atoms with van der Waals surface area (Å²) in [5, 5.41) is 0. The number of nitrogens with one attached hydrogen (secondary N) is 2. The Morgan fingerprint density at radius 3 is 2.09 bits per heavy atom. The monoisotopic (exact) mass is 352 g/mol. The van der Waals surface area contributed by atoms with Crippen LogP contribution >= 0.6 is 11.8 Å². The van der Waals surface area contributed by atoms with Crippen molar-refractivity contribution in [3.8, 4) is 0 Å². The van der Waals surface area contributed by atoms with E-state index >= 15 is 0 Å². The van der Waals surface area contributed by atoms with Crippen LogP contribution in [0.25, 0.3) is 0 Å². The first-order chi connectivity index (χ1) is 10.7. The van der Waals surface area contributed by atoms with Gasteiger partial charge in [0.05, 0.1) is 11.3 Å². The lowest BCUT2D eigenvalue weighted by molar-refractivity contribution is -0.137. The van der Waals surface area contributed by atoms with Crippen LogP contribution in [-0.2, 0) is 11.9 Å². The van der Waals surface area contributed by atoms with Crippen LogP contribution in [0.3, 0.4) is 0 Å². The van der Waals surface area contributed by atoms with Crippen LogP contribution in [0, 0.1) is 0 Å². The Morgan fingerprint density at radius 2 is 1.57 bits per heavy atom. The van der Waals surface area contributed by atoms with Crippen LogP contribution in [0.2, 0.25) is 0 Å². The Hall–Kier alpha value is -2.10. The van der Waals surface area contributed by atoms with Crippen LogP contribution in [-0.4, -0.2) is 9.97 Å². The highest BCUT2D eigenvalue weighted by Crippen LogP contribution is 2.31. The Balaban J connectivity index is 2.19. The number of aromatic nitrogens is 2. The molecule has 124 valence electrons. The minimum Gasteiger partial charge on any atom is -0.319 e. The standard InChI is InChI=1S/C13H9F5N2O2S/c14-10(15)9-8(19-11(21)12(22)20-9)5-23-7-3-1-6(2-4-7)13(16,17)18/h1-4,10H,5H2,(H,19,21)(H,20,22). The van der Waals surface area contributed by atoms with Gasteiger partial charge in [-0.25, -0.2) is 8.78 Å². The van der Waals surface area contributed by atoms with E-state index in [1.165, 1.54) is 12.1 Å². The summed E-state index contributed by atoms with van der Waals surface area (Å²) in [5.74, 6) is -0.142. The predicted octanol–water partition coefficient (Wildman–Crippen LogP) is 3.31. The van der Waals surface area contributed by atoms with E-state index in [-0.39, 0.29) is 11.4 Å². The third-order valence-corrected chi connectivity index (χ3v) is 3.87. The van der Waals surface area contributed by atoms with Gasteiger partial charge < -0.3 is 9.97 Å². The Kier molecular flexibility index (Phi) is 4.93. The number of benzene rings is 1. The van der Waals surface area contributed by atoms with Crippen LogP contribution in [0.5, 0.6) is 0 Å². The van der Waals surface area contributed by atoms with Crippen molar-refractivity contribution in [3.63, 3.8) is 0 Å². The van der Waals surface area contributed by atoms with Crippen LogP contribution in [0.15, 0.2) is 38.8 Å². The molecule has 0 unspecified atom stereocenters. The number of thioether (sulfide) groups is 1. The van der Waals surface area contributed by atoms with Crippen molar-refractivity contribution in [2.45, 2.75) is 23.3 Å². The topological polar surface area (TPSA) is 65.7 Å².